The van der Waals surface area contributed by atoms with Crippen molar-refractivity contribution in [1.82, 2.24) is 4.98 Å². The smallest absolute Gasteiger partial charge is 0.128 e. The van der Waals surface area contributed by atoms with E-state index in [1.165, 1.54) is 12.8 Å². The van der Waals surface area contributed by atoms with Gasteiger partial charge in [0, 0.05) is 24.0 Å². The highest BCUT2D eigenvalue weighted by atomic mass is 15.0. The third kappa shape index (κ3) is 3.24. The van der Waals surface area contributed by atoms with Gasteiger partial charge >= 0.3 is 0 Å². The number of nitrogens with zero attached hydrogens (tertiary/aromatic N) is 1. The molecule has 0 aliphatic carbocycles. The predicted molar refractivity (Wildman–Crippen MR) is 61.3 cm³/mol. The molecule has 0 spiro atoms. The predicted octanol–water partition coefficient (Wildman–Crippen LogP) is 2.65. The minimum Gasteiger partial charge on any atom is -0.399 e. The number of aromatic nitrogens is 1. The Balaban J connectivity index is 2.57. The van der Waals surface area contributed by atoms with Crippen LogP contribution in [0.3, 0.4) is 0 Å². The van der Waals surface area contributed by atoms with Gasteiger partial charge in [-0.25, -0.2) is 4.98 Å². The molecule has 1 rings (SSSR count). The van der Waals surface area contributed by atoms with Gasteiger partial charge in [0.2, 0.25) is 0 Å². The molecule has 0 aromatic carbocycles. The third-order valence-electron chi connectivity index (χ3n) is 2.27. The molecule has 1 unspecified atom stereocenters. The highest BCUT2D eigenvalue weighted by molar-refractivity contribution is 5.48. The SMILES string of the molecule is CCCC(CC)Nc1cc(N)ccn1. The standard InChI is InChI=1S/C11H19N3/c1-3-5-10(4-2)14-11-8-9(12)6-7-13-11/h6-8,10H,3-5H2,1-2H3,(H3,12,13,14). The Hall–Kier alpha value is -1.25. The van der Waals surface area contributed by atoms with E-state index in [9.17, 15) is 0 Å². The van der Waals surface area contributed by atoms with E-state index in [1.807, 2.05) is 6.07 Å². The van der Waals surface area contributed by atoms with Crippen molar-refractivity contribution >= 4 is 11.5 Å². The lowest BCUT2D eigenvalue weighted by atomic mass is 10.1. The second-order valence-corrected chi connectivity index (χ2v) is 3.51. The van der Waals surface area contributed by atoms with Gasteiger partial charge in [-0.15, -0.1) is 0 Å². The quantitative estimate of drug-likeness (QED) is 0.755. The van der Waals surface area contributed by atoms with Crippen molar-refractivity contribution in [2.45, 2.75) is 39.2 Å². The molecule has 0 bridgehead atoms. The van der Waals surface area contributed by atoms with Gasteiger partial charge in [-0.2, -0.15) is 0 Å². The van der Waals surface area contributed by atoms with Crippen LogP contribution in [0.15, 0.2) is 18.3 Å². The molecule has 3 N–H and O–H groups in total. The highest BCUT2D eigenvalue weighted by Gasteiger charge is 2.04. The molecule has 1 atom stereocenters. The molecule has 3 nitrogen and oxygen atoms in total. The van der Waals surface area contributed by atoms with E-state index in [1.54, 1.807) is 12.3 Å². The van der Waals surface area contributed by atoms with Crippen LogP contribution < -0.4 is 11.1 Å². The summed E-state index contributed by atoms with van der Waals surface area (Å²) in [5.74, 6) is 0.880. The van der Waals surface area contributed by atoms with Crippen LogP contribution in [0.25, 0.3) is 0 Å². The molecule has 0 saturated heterocycles. The van der Waals surface area contributed by atoms with Gasteiger partial charge in [0.25, 0.3) is 0 Å². The van der Waals surface area contributed by atoms with Gasteiger partial charge in [0.1, 0.15) is 5.82 Å². The molecule has 1 heterocycles. The Morgan fingerprint density at radius 3 is 2.86 bits per heavy atom. The third-order valence-corrected chi connectivity index (χ3v) is 2.27. The summed E-state index contributed by atoms with van der Waals surface area (Å²) in [5, 5.41) is 3.38. The first-order chi connectivity index (χ1) is 6.76. The summed E-state index contributed by atoms with van der Waals surface area (Å²) < 4.78 is 0. The number of hydrogen-bond acceptors (Lipinski definition) is 3. The second-order valence-electron chi connectivity index (χ2n) is 3.51. The summed E-state index contributed by atoms with van der Waals surface area (Å²) in [5.41, 5.74) is 6.43. The minimum absolute atomic E-state index is 0.509. The van der Waals surface area contributed by atoms with Crippen LogP contribution in [0.2, 0.25) is 0 Å². The van der Waals surface area contributed by atoms with Gasteiger partial charge in [0.05, 0.1) is 0 Å². The Labute approximate surface area is 85.7 Å². The number of rotatable bonds is 5. The van der Waals surface area contributed by atoms with Crippen LogP contribution in [-0.4, -0.2) is 11.0 Å². The Kier molecular flexibility index (Phi) is 4.23. The van der Waals surface area contributed by atoms with E-state index in [4.69, 9.17) is 5.73 Å². The van der Waals surface area contributed by atoms with Crippen molar-refractivity contribution in [3.63, 3.8) is 0 Å². The first-order valence-corrected chi connectivity index (χ1v) is 5.24. The number of hydrogen-bond donors (Lipinski definition) is 2. The maximum absolute atomic E-state index is 5.67. The van der Waals surface area contributed by atoms with Crippen molar-refractivity contribution in [2.75, 3.05) is 11.1 Å². The van der Waals surface area contributed by atoms with Gasteiger partial charge in [0.15, 0.2) is 0 Å². The summed E-state index contributed by atoms with van der Waals surface area (Å²) in [6.07, 6.45) is 5.21. The van der Waals surface area contributed by atoms with Crippen LogP contribution in [0.1, 0.15) is 33.1 Å². The van der Waals surface area contributed by atoms with Gasteiger partial charge in [-0.1, -0.05) is 20.3 Å². The molecule has 0 amide bonds. The zero-order valence-corrected chi connectivity index (χ0v) is 8.96. The topological polar surface area (TPSA) is 50.9 Å². The molecule has 0 radical (unpaired) electrons. The summed E-state index contributed by atoms with van der Waals surface area (Å²) in [4.78, 5) is 4.22. The maximum Gasteiger partial charge on any atom is 0.128 e. The lowest BCUT2D eigenvalue weighted by Crippen LogP contribution is -2.18. The number of anilines is 2. The van der Waals surface area contributed by atoms with Crippen molar-refractivity contribution in [2.24, 2.45) is 0 Å². The molecule has 14 heavy (non-hydrogen) atoms. The lowest BCUT2D eigenvalue weighted by Gasteiger charge is -2.16. The van der Waals surface area contributed by atoms with Crippen LogP contribution in [0.5, 0.6) is 0 Å². The van der Waals surface area contributed by atoms with E-state index in [2.05, 4.69) is 24.1 Å². The van der Waals surface area contributed by atoms with Crippen molar-refractivity contribution < 1.29 is 0 Å². The summed E-state index contributed by atoms with van der Waals surface area (Å²) in [6, 6.07) is 4.18. The van der Waals surface area contributed by atoms with Gasteiger partial charge in [-0.3, -0.25) is 0 Å². The monoisotopic (exact) mass is 193 g/mol. The van der Waals surface area contributed by atoms with E-state index in [0.717, 1.165) is 17.9 Å². The zero-order chi connectivity index (χ0) is 10.4. The van der Waals surface area contributed by atoms with Crippen LogP contribution in [0, 0.1) is 0 Å². The fourth-order valence-corrected chi connectivity index (χ4v) is 1.46. The number of nitrogen functional groups attached to an aromatic ring is 1. The van der Waals surface area contributed by atoms with Gasteiger partial charge in [-0.05, 0) is 18.9 Å². The first kappa shape index (κ1) is 10.8. The highest BCUT2D eigenvalue weighted by Crippen LogP contribution is 2.12. The van der Waals surface area contributed by atoms with E-state index in [0.29, 0.717) is 6.04 Å². The van der Waals surface area contributed by atoms with Gasteiger partial charge < -0.3 is 11.1 Å². The number of pyridine rings is 1. The number of nitrogens with two attached hydrogens (primary N) is 1. The van der Waals surface area contributed by atoms with Crippen molar-refractivity contribution in [3.8, 4) is 0 Å². The number of nitrogens with one attached hydrogen (secondary N) is 1. The second kappa shape index (κ2) is 5.47. The molecule has 78 valence electrons. The summed E-state index contributed by atoms with van der Waals surface area (Å²) in [6.45, 7) is 4.37. The van der Waals surface area contributed by atoms with E-state index < -0.39 is 0 Å². The molecule has 1 aromatic rings. The summed E-state index contributed by atoms with van der Waals surface area (Å²) in [7, 11) is 0. The van der Waals surface area contributed by atoms with Crippen molar-refractivity contribution in [1.29, 1.82) is 0 Å². The van der Waals surface area contributed by atoms with E-state index >= 15 is 0 Å². The molecule has 1 aromatic heterocycles. The molecule has 3 heteroatoms. The molecular weight excluding hydrogens is 174 g/mol. The zero-order valence-electron chi connectivity index (χ0n) is 8.96. The maximum atomic E-state index is 5.67. The fraction of sp³-hybridized carbons (Fsp3) is 0.545. The first-order valence-electron chi connectivity index (χ1n) is 5.24. The average molecular weight is 193 g/mol. The fourth-order valence-electron chi connectivity index (χ4n) is 1.46. The van der Waals surface area contributed by atoms with Crippen molar-refractivity contribution in [3.05, 3.63) is 18.3 Å². The molecule has 0 fully saturated rings. The van der Waals surface area contributed by atoms with Crippen LogP contribution in [0.4, 0.5) is 11.5 Å². The molecule has 0 aliphatic rings. The normalized spacial score (nSPS) is 12.4. The van der Waals surface area contributed by atoms with E-state index in [-0.39, 0.29) is 0 Å². The molecule has 0 saturated carbocycles. The Morgan fingerprint density at radius 2 is 2.29 bits per heavy atom. The molecule has 0 aliphatic heterocycles. The average Bonchev–Trinajstić information content (AvgIpc) is 2.17. The minimum atomic E-state index is 0.509. The lowest BCUT2D eigenvalue weighted by molar-refractivity contribution is 0.620. The van der Waals surface area contributed by atoms with Crippen LogP contribution in [-0.2, 0) is 0 Å². The molecular formula is C11H19N3. The van der Waals surface area contributed by atoms with Crippen LogP contribution >= 0.6 is 0 Å². The Bertz CT molecular complexity index is 273. The largest absolute Gasteiger partial charge is 0.399 e. The summed E-state index contributed by atoms with van der Waals surface area (Å²) >= 11 is 0. The Morgan fingerprint density at radius 1 is 1.50 bits per heavy atom.